The maximum absolute atomic E-state index is 13.8. The summed E-state index contributed by atoms with van der Waals surface area (Å²) in [5, 5.41) is 0. The molecule has 0 N–H and O–H groups in total. The molecule has 0 radical (unpaired) electrons. The maximum Gasteiger partial charge on any atom is 0.200 e. The lowest BCUT2D eigenvalue weighted by Gasteiger charge is -2.13. The predicted molar refractivity (Wildman–Crippen MR) is 66.4 cm³/mol. The number of halogens is 5. The Balaban J connectivity index is 2.59. The first kappa shape index (κ1) is 14.8. The second kappa shape index (κ2) is 5.38. The van der Waals surface area contributed by atoms with E-state index in [4.69, 9.17) is 0 Å². The summed E-state index contributed by atoms with van der Waals surface area (Å²) in [6, 6.07) is 0. The van der Waals surface area contributed by atoms with Crippen LogP contribution in [0.4, 0.5) is 22.0 Å². The number of rotatable bonds is 1. The van der Waals surface area contributed by atoms with Crippen LogP contribution in [0.15, 0.2) is 17.7 Å². The van der Waals surface area contributed by atoms with Gasteiger partial charge in [0, 0.05) is 0 Å². The van der Waals surface area contributed by atoms with Crippen molar-refractivity contribution in [3.05, 3.63) is 52.4 Å². The van der Waals surface area contributed by atoms with Crippen molar-refractivity contribution in [2.24, 2.45) is 5.92 Å². The molecule has 0 amide bonds. The van der Waals surface area contributed by atoms with Gasteiger partial charge in [-0.2, -0.15) is 0 Å². The summed E-state index contributed by atoms with van der Waals surface area (Å²) in [5.41, 5.74) is 0.339. The molecule has 5 heteroatoms. The zero-order valence-corrected chi connectivity index (χ0v) is 11.0. The average molecular weight is 288 g/mol. The third-order valence-corrected chi connectivity index (χ3v) is 3.31. The van der Waals surface area contributed by atoms with Gasteiger partial charge in [0.2, 0.25) is 5.82 Å². The second-order valence-corrected chi connectivity index (χ2v) is 5.07. The molecule has 1 unspecified atom stereocenters. The Morgan fingerprint density at radius 1 is 0.900 bits per heavy atom. The van der Waals surface area contributed by atoms with Gasteiger partial charge in [-0.15, -0.1) is 0 Å². The second-order valence-electron chi connectivity index (χ2n) is 5.07. The van der Waals surface area contributed by atoms with Crippen molar-refractivity contribution >= 4 is 5.57 Å². The van der Waals surface area contributed by atoms with Gasteiger partial charge in [-0.05, 0) is 31.3 Å². The van der Waals surface area contributed by atoms with E-state index in [1.54, 1.807) is 0 Å². The Labute approximate surface area is 113 Å². The van der Waals surface area contributed by atoms with E-state index in [0.717, 1.165) is 5.57 Å². The molecule has 0 aliphatic heterocycles. The van der Waals surface area contributed by atoms with Crippen LogP contribution < -0.4 is 0 Å². The fraction of sp³-hybridized carbons (Fsp3) is 0.333. The highest BCUT2D eigenvalue weighted by molar-refractivity contribution is 5.68. The lowest BCUT2D eigenvalue weighted by atomic mass is 9.95. The molecule has 1 atom stereocenters. The van der Waals surface area contributed by atoms with Crippen molar-refractivity contribution in [1.29, 1.82) is 0 Å². The van der Waals surface area contributed by atoms with E-state index in [9.17, 15) is 22.0 Å². The fourth-order valence-corrected chi connectivity index (χ4v) is 2.42. The summed E-state index contributed by atoms with van der Waals surface area (Å²) in [6.45, 7) is 3.68. The molecule has 0 fully saturated rings. The third kappa shape index (κ3) is 2.49. The zero-order chi connectivity index (χ0) is 15.0. The highest BCUT2D eigenvalue weighted by Crippen LogP contribution is 2.34. The summed E-state index contributed by atoms with van der Waals surface area (Å²) < 4.78 is 67.0. The first-order valence-corrected chi connectivity index (χ1v) is 6.21. The van der Waals surface area contributed by atoms with Crippen LogP contribution in [-0.2, 0) is 0 Å². The van der Waals surface area contributed by atoms with E-state index in [1.165, 1.54) is 6.08 Å². The van der Waals surface area contributed by atoms with E-state index in [2.05, 4.69) is 0 Å². The molecule has 0 nitrogen and oxygen atoms in total. The van der Waals surface area contributed by atoms with Crippen molar-refractivity contribution in [1.82, 2.24) is 0 Å². The molecule has 1 aromatic rings. The van der Waals surface area contributed by atoms with Gasteiger partial charge in [-0.25, -0.2) is 22.0 Å². The predicted octanol–water partition coefficient (Wildman–Crippen LogP) is 5.14. The SMILES string of the molecule is CC1=CC(C)CC(c2c(F)c(F)c(F)c(F)c2F)=CC1. The van der Waals surface area contributed by atoms with Gasteiger partial charge in [-0.3, -0.25) is 0 Å². The van der Waals surface area contributed by atoms with E-state index in [0.29, 0.717) is 6.42 Å². The van der Waals surface area contributed by atoms with Gasteiger partial charge in [0.15, 0.2) is 23.3 Å². The first-order valence-electron chi connectivity index (χ1n) is 6.21. The van der Waals surface area contributed by atoms with Gasteiger partial charge >= 0.3 is 0 Å². The molecule has 2 rings (SSSR count). The van der Waals surface area contributed by atoms with E-state index >= 15 is 0 Å². The van der Waals surface area contributed by atoms with Crippen LogP contribution in [0.3, 0.4) is 0 Å². The number of allylic oxidation sites excluding steroid dienone is 4. The van der Waals surface area contributed by atoms with Gasteiger partial charge in [0.1, 0.15) is 0 Å². The van der Waals surface area contributed by atoms with Crippen LogP contribution in [0.5, 0.6) is 0 Å². The zero-order valence-electron chi connectivity index (χ0n) is 11.0. The van der Waals surface area contributed by atoms with Gasteiger partial charge in [0.25, 0.3) is 0 Å². The van der Waals surface area contributed by atoms with Gasteiger partial charge in [-0.1, -0.05) is 24.6 Å². The van der Waals surface area contributed by atoms with Crippen LogP contribution in [0, 0.1) is 35.0 Å². The van der Waals surface area contributed by atoms with Gasteiger partial charge in [0.05, 0.1) is 5.56 Å². The lowest BCUT2D eigenvalue weighted by Crippen LogP contribution is -2.07. The first-order chi connectivity index (χ1) is 9.32. The summed E-state index contributed by atoms with van der Waals surface area (Å²) in [5.74, 6) is -9.49. The molecule has 1 aliphatic rings. The summed E-state index contributed by atoms with van der Waals surface area (Å²) in [4.78, 5) is 0. The van der Waals surface area contributed by atoms with Crippen LogP contribution in [0.1, 0.15) is 32.3 Å². The molecule has 1 aromatic carbocycles. The van der Waals surface area contributed by atoms with Crippen molar-refractivity contribution in [2.45, 2.75) is 26.7 Å². The Kier molecular flexibility index (Phi) is 3.97. The molecule has 20 heavy (non-hydrogen) atoms. The number of benzene rings is 1. The summed E-state index contributed by atoms with van der Waals surface area (Å²) >= 11 is 0. The molecule has 0 spiro atoms. The van der Waals surface area contributed by atoms with E-state index in [-0.39, 0.29) is 17.9 Å². The molecule has 0 saturated carbocycles. The standard InChI is InChI=1S/C15H13F5/c1-7-3-4-9(6-8(2)5-7)10-11(16)13(18)15(20)14(19)12(10)17/h4-5,8H,3,6H2,1-2H3. The van der Waals surface area contributed by atoms with Crippen molar-refractivity contribution < 1.29 is 22.0 Å². The highest BCUT2D eigenvalue weighted by Gasteiger charge is 2.28. The summed E-state index contributed by atoms with van der Waals surface area (Å²) in [6.07, 6.45) is 4.11. The minimum absolute atomic E-state index is 0.0290. The monoisotopic (exact) mass is 288 g/mol. The lowest BCUT2D eigenvalue weighted by molar-refractivity contribution is 0.376. The molecule has 0 heterocycles. The molecule has 0 saturated heterocycles. The molecule has 108 valence electrons. The fourth-order valence-electron chi connectivity index (χ4n) is 2.42. The Bertz CT molecular complexity index is 584. The minimum Gasteiger partial charge on any atom is -0.203 e. The van der Waals surface area contributed by atoms with Crippen LogP contribution in [-0.4, -0.2) is 0 Å². The molecule has 0 aromatic heterocycles. The Hall–Kier alpha value is -1.65. The van der Waals surface area contributed by atoms with Gasteiger partial charge < -0.3 is 0 Å². The van der Waals surface area contributed by atoms with E-state index < -0.39 is 34.6 Å². The van der Waals surface area contributed by atoms with Crippen LogP contribution >= 0.6 is 0 Å². The Morgan fingerprint density at radius 3 is 1.95 bits per heavy atom. The molecule has 0 bridgehead atoms. The topological polar surface area (TPSA) is 0 Å². The summed E-state index contributed by atoms with van der Waals surface area (Å²) in [7, 11) is 0. The minimum atomic E-state index is -2.12. The van der Waals surface area contributed by atoms with E-state index in [1.807, 2.05) is 19.9 Å². The number of hydrogen-bond acceptors (Lipinski definition) is 0. The van der Waals surface area contributed by atoms with Crippen molar-refractivity contribution in [3.63, 3.8) is 0 Å². The van der Waals surface area contributed by atoms with Crippen molar-refractivity contribution in [3.8, 4) is 0 Å². The Morgan fingerprint density at radius 2 is 1.40 bits per heavy atom. The van der Waals surface area contributed by atoms with Crippen molar-refractivity contribution in [2.75, 3.05) is 0 Å². The normalized spacial score (nSPS) is 19.4. The molecule has 1 aliphatic carbocycles. The van der Waals surface area contributed by atoms with Crippen LogP contribution in [0.2, 0.25) is 0 Å². The quantitative estimate of drug-likeness (QED) is 0.290. The molecular formula is C15H13F5. The smallest absolute Gasteiger partial charge is 0.200 e. The maximum atomic E-state index is 13.8. The largest absolute Gasteiger partial charge is 0.203 e. The highest BCUT2D eigenvalue weighted by atomic mass is 19.2. The number of hydrogen-bond donors (Lipinski definition) is 0. The average Bonchev–Trinajstić information content (AvgIpc) is 2.55. The molecular weight excluding hydrogens is 275 g/mol. The third-order valence-electron chi connectivity index (χ3n) is 3.31. The van der Waals surface area contributed by atoms with Crippen LogP contribution in [0.25, 0.3) is 5.57 Å².